The molecule has 0 saturated carbocycles. The number of carbonyl (C=O) groups is 2. The van der Waals surface area contributed by atoms with E-state index in [0.29, 0.717) is 5.56 Å². The smallest absolute Gasteiger partial charge is 0.329 e. The van der Waals surface area contributed by atoms with E-state index < -0.39 is 21.5 Å². The van der Waals surface area contributed by atoms with E-state index in [1.54, 1.807) is 36.0 Å². The van der Waals surface area contributed by atoms with Gasteiger partial charge in [0.25, 0.3) is 5.91 Å². The first-order chi connectivity index (χ1) is 17.9. The highest BCUT2D eigenvalue weighted by molar-refractivity contribution is 8.02. The van der Waals surface area contributed by atoms with Crippen molar-refractivity contribution in [3.63, 3.8) is 0 Å². The first-order valence-electron chi connectivity index (χ1n) is 12.2. The van der Waals surface area contributed by atoms with Crippen LogP contribution >= 0.6 is 11.8 Å². The molecule has 1 atom stereocenters. The predicted molar refractivity (Wildman–Crippen MR) is 151 cm³/mol. The van der Waals surface area contributed by atoms with Gasteiger partial charge in [-0.1, -0.05) is 109 Å². The van der Waals surface area contributed by atoms with Gasteiger partial charge < -0.3 is 10.1 Å². The summed E-state index contributed by atoms with van der Waals surface area (Å²) in [5.41, 5.74) is 3.70. The first-order valence-corrected chi connectivity index (χ1v) is 13.0. The fraction of sp³-hybridized carbons (Fsp3) is 0.188. The molecule has 0 radical (unpaired) electrons. The summed E-state index contributed by atoms with van der Waals surface area (Å²) in [5.74, 6) is -0.820. The van der Waals surface area contributed by atoms with Gasteiger partial charge in [-0.15, -0.1) is 11.8 Å². The normalized spacial score (nSPS) is 12.4. The number of thioether (sulfide) groups is 1. The molecule has 0 aromatic heterocycles. The van der Waals surface area contributed by atoms with E-state index in [1.807, 2.05) is 74.5 Å². The number of rotatable bonds is 9. The number of amides is 1. The second-order valence-electron chi connectivity index (χ2n) is 9.28. The van der Waals surface area contributed by atoms with E-state index in [1.165, 1.54) is 7.11 Å². The van der Waals surface area contributed by atoms with E-state index >= 15 is 0 Å². The molecule has 37 heavy (non-hydrogen) atoms. The van der Waals surface area contributed by atoms with Gasteiger partial charge in [-0.25, -0.2) is 4.79 Å². The van der Waals surface area contributed by atoms with Crippen LogP contribution in [0.3, 0.4) is 0 Å². The Morgan fingerprint density at radius 1 is 0.676 bits per heavy atom. The molecule has 0 bridgehead atoms. The summed E-state index contributed by atoms with van der Waals surface area (Å²) in [6.45, 7) is 3.96. The number of benzene rings is 4. The zero-order valence-corrected chi connectivity index (χ0v) is 22.1. The van der Waals surface area contributed by atoms with Crippen LogP contribution in [-0.4, -0.2) is 29.8 Å². The van der Waals surface area contributed by atoms with Crippen molar-refractivity contribution in [1.82, 2.24) is 5.32 Å². The third-order valence-electron chi connectivity index (χ3n) is 6.40. The third kappa shape index (κ3) is 5.62. The van der Waals surface area contributed by atoms with Gasteiger partial charge in [0, 0.05) is 10.3 Å². The number of carbonyl (C=O) groups excluding carboxylic acids is 2. The van der Waals surface area contributed by atoms with E-state index in [0.717, 1.165) is 16.7 Å². The quantitative estimate of drug-likeness (QED) is 0.208. The lowest BCUT2D eigenvalue weighted by atomic mass is 9.84. The Morgan fingerprint density at radius 2 is 1.05 bits per heavy atom. The highest BCUT2D eigenvalue weighted by Gasteiger charge is 2.47. The summed E-state index contributed by atoms with van der Waals surface area (Å²) in [6.07, 6.45) is 0. The van der Waals surface area contributed by atoms with Crippen molar-refractivity contribution < 1.29 is 14.3 Å². The van der Waals surface area contributed by atoms with E-state index in [9.17, 15) is 9.59 Å². The van der Waals surface area contributed by atoms with Gasteiger partial charge in [0.05, 0.1) is 11.9 Å². The lowest BCUT2D eigenvalue weighted by Crippen LogP contribution is -2.54. The molecule has 4 aromatic carbocycles. The van der Waals surface area contributed by atoms with Crippen molar-refractivity contribution in [2.75, 3.05) is 7.11 Å². The van der Waals surface area contributed by atoms with Gasteiger partial charge >= 0.3 is 5.97 Å². The Kier molecular flexibility index (Phi) is 8.14. The SMILES string of the molecule is COC(=O)[C@@H](NC(=O)c1ccccc1)C(C)(C)SC(c1ccccc1)(c1ccccc1)c1ccccc1. The van der Waals surface area contributed by atoms with Gasteiger partial charge in [-0.3, -0.25) is 4.79 Å². The molecule has 188 valence electrons. The molecule has 1 amide bonds. The number of nitrogens with one attached hydrogen (secondary N) is 1. The molecular weight excluding hydrogens is 478 g/mol. The van der Waals surface area contributed by atoms with Crippen LogP contribution in [0.25, 0.3) is 0 Å². The Labute approximate surface area is 223 Å². The Morgan fingerprint density at radius 3 is 1.43 bits per heavy atom. The van der Waals surface area contributed by atoms with Crippen LogP contribution in [-0.2, 0) is 14.3 Å². The highest BCUT2D eigenvalue weighted by atomic mass is 32.2. The van der Waals surface area contributed by atoms with Crippen LogP contribution in [0.2, 0.25) is 0 Å². The Hall–Kier alpha value is -3.83. The first kappa shape index (κ1) is 26.2. The second kappa shape index (κ2) is 11.5. The molecule has 0 spiro atoms. The Bertz CT molecular complexity index is 1210. The van der Waals surface area contributed by atoms with Gasteiger partial charge in [-0.2, -0.15) is 0 Å². The monoisotopic (exact) mass is 509 g/mol. The number of methoxy groups -OCH3 is 1. The van der Waals surface area contributed by atoms with Crippen molar-refractivity contribution in [2.24, 2.45) is 0 Å². The molecule has 1 N–H and O–H groups in total. The molecule has 4 rings (SSSR count). The minimum Gasteiger partial charge on any atom is -0.467 e. The summed E-state index contributed by atoms with van der Waals surface area (Å²) >= 11 is 1.63. The third-order valence-corrected chi connectivity index (χ3v) is 8.18. The van der Waals surface area contributed by atoms with Crippen molar-refractivity contribution in [3.8, 4) is 0 Å². The zero-order chi connectivity index (χ0) is 26.3. The molecule has 0 aliphatic rings. The maximum atomic E-state index is 13.2. The zero-order valence-electron chi connectivity index (χ0n) is 21.3. The van der Waals surface area contributed by atoms with E-state index in [4.69, 9.17) is 4.74 Å². The molecule has 0 unspecified atom stereocenters. The fourth-order valence-electron chi connectivity index (χ4n) is 4.59. The molecule has 0 heterocycles. The van der Waals surface area contributed by atoms with Gasteiger partial charge in [0.15, 0.2) is 0 Å². The Balaban J connectivity index is 1.86. The highest BCUT2D eigenvalue weighted by Crippen LogP contribution is 2.54. The molecule has 0 saturated heterocycles. The number of hydrogen-bond donors (Lipinski definition) is 1. The van der Waals surface area contributed by atoms with Gasteiger partial charge in [-0.05, 0) is 42.7 Å². The summed E-state index contributed by atoms with van der Waals surface area (Å²) in [6, 6.07) is 38.8. The molecular formula is C32H31NO3S. The number of esters is 1. The summed E-state index contributed by atoms with van der Waals surface area (Å²) in [4.78, 5) is 26.3. The van der Waals surface area contributed by atoms with Gasteiger partial charge in [0.1, 0.15) is 6.04 Å². The van der Waals surface area contributed by atoms with Crippen LogP contribution in [0.15, 0.2) is 121 Å². The molecule has 0 aliphatic carbocycles. The van der Waals surface area contributed by atoms with Crippen molar-refractivity contribution in [3.05, 3.63) is 144 Å². The topological polar surface area (TPSA) is 55.4 Å². The van der Waals surface area contributed by atoms with Crippen molar-refractivity contribution >= 4 is 23.6 Å². The predicted octanol–water partition coefficient (Wildman–Crippen LogP) is 6.46. The minimum atomic E-state index is -0.911. The van der Waals surface area contributed by atoms with Crippen LogP contribution in [0, 0.1) is 0 Å². The van der Waals surface area contributed by atoms with Gasteiger partial charge in [0.2, 0.25) is 0 Å². The van der Waals surface area contributed by atoms with Crippen molar-refractivity contribution in [2.45, 2.75) is 29.4 Å². The second-order valence-corrected chi connectivity index (χ2v) is 11.1. The van der Waals surface area contributed by atoms with Crippen LogP contribution < -0.4 is 5.32 Å². The maximum absolute atomic E-state index is 13.2. The van der Waals surface area contributed by atoms with Crippen molar-refractivity contribution in [1.29, 1.82) is 0 Å². The average molecular weight is 510 g/mol. The minimum absolute atomic E-state index is 0.325. The van der Waals surface area contributed by atoms with Crippen LogP contribution in [0.4, 0.5) is 0 Å². The molecule has 5 heteroatoms. The van der Waals surface area contributed by atoms with Crippen LogP contribution in [0.1, 0.15) is 40.9 Å². The van der Waals surface area contributed by atoms with E-state index in [-0.39, 0.29) is 5.91 Å². The van der Waals surface area contributed by atoms with Crippen LogP contribution in [0.5, 0.6) is 0 Å². The number of ether oxygens (including phenoxy) is 1. The maximum Gasteiger partial charge on any atom is 0.329 e. The fourth-order valence-corrected chi connectivity index (χ4v) is 6.41. The summed E-state index contributed by atoms with van der Waals surface area (Å²) in [7, 11) is 1.35. The molecule has 0 aliphatic heterocycles. The summed E-state index contributed by atoms with van der Waals surface area (Å²) in [5, 5.41) is 2.97. The average Bonchev–Trinajstić information content (AvgIpc) is 2.96. The molecule has 0 fully saturated rings. The largest absolute Gasteiger partial charge is 0.467 e. The molecule has 4 aromatic rings. The van der Waals surface area contributed by atoms with E-state index in [2.05, 4.69) is 41.7 Å². The molecule has 4 nitrogen and oxygen atoms in total. The lowest BCUT2D eigenvalue weighted by molar-refractivity contribution is -0.143. The lowest BCUT2D eigenvalue weighted by Gasteiger charge is -2.43. The standard InChI is InChI=1S/C32H31NO3S/c1-31(2,28(30(35)36-3)33-29(34)24-16-8-4-9-17-24)37-32(25-18-10-5-11-19-25,26-20-12-6-13-21-26)27-22-14-7-15-23-27/h4-23,28H,1-3H3,(H,33,34)/t28-/m1/s1. The summed E-state index contributed by atoms with van der Waals surface area (Å²) < 4.78 is 3.74. The number of hydrogen-bond acceptors (Lipinski definition) is 4.